The predicted octanol–water partition coefficient (Wildman–Crippen LogP) is 0.212. The number of rotatable bonds is 5. The minimum atomic E-state index is -0.184. The minimum Gasteiger partial charge on any atom is -0.334 e. The zero-order chi connectivity index (χ0) is 14.5. The summed E-state index contributed by atoms with van der Waals surface area (Å²) < 4.78 is 1.56. The van der Waals surface area contributed by atoms with Crippen molar-refractivity contribution >= 4 is 5.91 Å². The van der Waals surface area contributed by atoms with E-state index in [9.17, 15) is 4.79 Å². The third kappa shape index (κ3) is 3.39. The maximum atomic E-state index is 12.2. The zero-order valence-electron chi connectivity index (χ0n) is 11.7. The van der Waals surface area contributed by atoms with Crippen molar-refractivity contribution in [3.63, 3.8) is 0 Å². The fourth-order valence-corrected chi connectivity index (χ4v) is 1.84. The second-order valence-electron chi connectivity index (χ2n) is 4.59. The molecule has 0 aliphatic rings. The van der Waals surface area contributed by atoms with Crippen LogP contribution < -0.4 is 5.73 Å². The number of hydrogen-bond acceptors (Lipinski definition) is 5. The predicted molar refractivity (Wildman–Crippen MR) is 73.8 cm³/mol. The van der Waals surface area contributed by atoms with Crippen molar-refractivity contribution in [2.24, 2.45) is 5.73 Å². The Morgan fingerprint density at radius 1 is 1.45 bits per heavy atom. The molecule has 106 valence electrons. The first kappa shape index (κ1) is 14.1. The number of aryl methyl sites for hydroxylation is 1. The molecule has 2 heterocycles. The molecule has 0 saturated carbocycles. The van der Waals surface area contributed by atoms with Crippen molar-refractivity contribution in [3.8, 4) is 0 Å². The molecule has 0 aliphatic heterocycles. The molecule has 0 saturated heterocycles. The standard InChI is InChI=1S/C13H18N6O/c1-10-4-3-5-11(15-10)8-18(2)13(20)12-9-19(7-6-14)17-16-12/h3-5,9H,6-8,14H2,1-2H3. The number of nitrogens with zero attached hydrogens (tertiary/aromatic N) is 5. The van der Waals surface area contributed by atoms with Crippen molar-refractivity contribution in [2.45, 2.75) is 20.0 Å². The van der Waals surface area contributed by atoms with E-state index in [-0.39, 0.29) is 5.91 Å². The number of aromatic nitrogens is 4. The Morgan fingerprint density at radius 2 is 2.25 bits per heavy atom. The van der Waals surface area contributed by atoms with Crippen LogP contribution in [-0.4, -0.2) is 44.4 Å². The molecule has 7 heteroatoms. The van der Waals surface area contributed by atoms with Gasteiger partial charge >= 0.3 is 0 Å². The van der Waals surface area contributed by atoms with E-state index in [0.717, 1.165) is 11.4 Å². The lowest BCUT2D eigenvalue weighted by molar-refractivity contribution is 0.0777. The van der Waals surface area contributed by atoms with Gasteiger partial charge < -0.3 is 10.6 Å². The molecule has 7 nitrogen and oxygen atoms in total. The van der Waals surface area contributed by atoms with Gasteiger partial charge in [-0.25, -0.2) is 0 Å². The highest BCUT2D eigenvalue weighted by Gasteiger charge is 2.16. The molecule has 2 N–H and O–H groups in total. The Kier molecular flexibility index (Phi) is 4.41. The van der Waals surface area contributed by atoms with Crippen LogP contribution in [-0.2, 0) is 13.1 Å². The summed E-state index contributed by atoms with van der Waals surface area (Å²) in [5.41, 5.74) is 7.51. The van der Waals surface area contributed by atoms with Gasteiger partial charge in [-0.05, 0) is 19.1 Å². The number of pyridine rings is 1. The quantitative estimate of drug-likeness (QED) is 0.842. The first-order valence-corrected chi connectivity index (χ1v) is 6.38. The second kappa shape index (κ2) is 6.25. The highest BCUT2D eigenvalue weighted by molar-refractivity contribution is 5.91. The van der Waals surface area contributed by atoms with Gasteiger partial charge in [-0.15, -0.1) is 5.10 Å². The van der Waals surface area contributed by atoms with Crippen LogP contribution in [0, 0.1) is 6.92 Å². The number of nitrogens with two attached hydrogens (primary N) is 1. The lowest BCUT2D eigenvalue weighted by Gasteiger charge is -2.15. The molecule has 0 aliphatic carbocycles. The smallest absolute Gasteiger partial charge is 0.276 e. The SMILES string of the molecule is Cc1cccc(CN(C)C(=O)c2cn(CCN)nn2)n1. The van der Waals surface area contributed by atoms with Gasteiger partial charge in [0.2, 0.25) is 0 Å². The Balaban J connectivity index is 2.04. The fourth-order valence-electron chi connectivity index (χ4n) is 1.84. The van der Waals surface area contributed by atoms with Crippen molar-refractivity contribution < 1.29 is 4.79 Å². The highest BCUT2D eigenvalue weighted by Crippen LogP contribution is 2.05. The van der Waals surface area contributed by atoms with Crippen molar-refractivity contribution in [3.05, 3.63) is 41.5 Å². The van der Waals surface area contributed by atoms with Crippen LogP contribution in [0.3, 0.4) is 0 Å². The normalized spacial score (nSPS) is 10.6. The largest absolute Gasteiger partial charge is 0.334 e. The zero-order valence-corrected chi connectivity index (χ0v) is 11.7. The summed E-state index contributed by atoms with van der Waals surface area (Å²) in [6.07, 6.45) is 1.61. The van der Waals surface area contributed by atoms with Crippen LogP contribution in [0.25, 0.3) is 0 Å². The maximum absolute atomic E-state index is 12.2. The summed E-state index contributed by atoms with van der Waals surface area (Å²) in [4.78, 5) is 18.1. The van der Waals surface area contributed by atoms with Crippen molar-refractivity contribution in [1.29, 1.82) is 0 Å². The highest BCUT2D eigenvalue weighted by atomic mass is 16.2. The molecule has 0 radical (unpaired) electrons. The van der Waals surface area contributed by atoms with E-state index in [1.807, 2.05) is 25.1 Å². The van der Waals surface area contributed by atoms with E-state index >= 15 is 0 Å². The molecule has 0 spiro atoms. The molecule has 2 rings (SSSR count). The lowest BCUT2D eigenvalue weighted by Crippen LogP contribution is -2.27. The number of carbonyl (C=O) groups excluding carboxylic acids is 1. The first-order chi connectivity index (χ1) is 9.60. The number of carbonyl (C=O) groups is 1. The van der Waals surface area contributed by atoms with E-state index in [0.29, 0.717) is 25.3 Å². The topological polar surface area (TPSA) is 89.9 Å². The summed E-state index contributed by atoms with van der Waals surface area (Å²) in [7, 11) is 1.72. The van der Waals surface area contributed by atoms with Gasteiger partial charge in [-0.1, -0.05) is 11.3 Å². The van der Waals surface area contributed by atoms with Crippen molar-refractivity contribution in [2.75, 3.05) is 13.6 Å². The molecule has 1 amide bonds. The second-order valence-corrected chi connectivity index (χ2v) is 4.59. The van der Waals surface area contributed by atoms with Gasteiger partial charge in [0.15, 0.2) is 5.69 Å². The molecule has 0 fully saturated rings. The molecule has 0 unspecified atom stereocenters. The van der Waals surface area contributed by atoms with Crippen LogP contribution in [0.4, 0.5) is 0 Å². The van der Waals surface area contributed by atoms with Crippen LogP contribution in [0.2, 0.25) is 0 Å². The van der Waals surface area contributed by atoms with Crippen LogP contribution in [0.15, 0.2) is 24.4 Å². The number of amides is 1. The van der Waals surface area contributed by atoms with E-state index in [2.05, 4.69) is 15.3 Å². The molecule has 20 heavy (non-hydrogen) atoms. The Bertz CT molecular complexity index is 594. The van der Waals surface area contributed by atoms with Crippen LogP contribution >= 0.6 is 0 Å². The first-order valence-electron chi connectivity index (χ1n) is 6.38. The van der Waals surface area contributed by atoms with Gasteiger partial charge in [-0.3, -0.25) is 14.5 Å². The van der Waals surface area contributed by atoms with Gasteiger partial charge in [0.05, 0.1) is 25.0 Å². The third-order valence-corrected chi connectivity index (χ3v) is 2.81. The summed E-state index contributed by atoms with van der Waals surface area (Å²) in [5, 5.41) is 7.71. The van der Waals surface area contributed by atoms with Gasteiger partial charge in [0, 0.05) is 19.3 Å². The average molecular weight is 274 g/mol. The summed E-state index contributed by atoms with van der Waals surface area (Å²) >= 11 is 0. The molecular formula is C13H18N6O. The van der Waals surface area contributed by atoms with Crippen LogP contribution in [0.1, 0.15) is 21.9 Å². The maximum Gasteiger partial charge on any atom is 0.276 e. The molecular weight excluding hydrogens is 256 g/mol. The molecule has 0 atom stereocenters. The average Bonchev–Trinajstić information content (AvgIpc) is 2.87. The molecule has 0 bridgehead atoms. The summed E-state index contributed by atoms with van der Waals surface area (Å²) in [6.45, 7) is 3.36. The van der Waals surface area contributed by atoms with E-state index in [1.165, 1.54) is 0 Å². The third-order valence-electron chi connectivity index (χ3n) is 2.81. The molecule has 2 aromatic rings. The monoisotopic (exact) mass is 274 g/mol. The van der Waals surface area contributed by atoms with E-state index in [4.69, 9.17) is 5.73 Å². The number of hydrogen-bond donors (Lipinski definition) is 1. The Hall–Kier alpha value is -2.28. The van der Waals surface area contributed by atoms with Gasteiger partial charge in [0.1, 0.15) is 0 Å². The Labute approximate surface area is 117 Å². The minimum absolute atomic E-state index is 0.184. The summed E-state index contributed by atoms with van der Waals surface area (Å²) in [6, 6.07) is 5.74. The summed E-state index contributed by atoms with van der Waals surface area (Å²) in [5.74, 6) is -0.184. The van der Waals surface area contributed by atoms with E-state index in [1.54, 1.807) is 22.8 Å². The molecule has 2 aromatic heterocycles. The van der Waals surface area contributed by atoms with Crippen molar-refractivity contribution in [1.82, 2.24) is 24.9 Å². The lowest BCUT2D eigenvalue weighted by atomic mass is 10.3. The fraction of sp³-hybridized carbons (Fsp3) is 0.385. The van der Waals surface area contributed by atoms with Gasteiger partial charge in [-0.2, -0.15) is 0 Å². The molecule has 0 aromatic carbocycles. The van der Waals surface area contributed by atoms with Crippen LogP contribution in [0.5, 0.6) is 0 Å². The van der Waals surface area contributed by atoms with Gasteiger partial charge in [0.25, 0.3) is 5.91 Å². The Morgan fingerprint density at radius 3 is 2.95 bits per heavy atom. The van der Waals surface area contributed by atoms with E-state index < -0.39 is 0 Å².